The Hall–Kier alpha value is -2.87. The molecule has 8 heteroatoms. The van der Waals surface area contributed by atoms with Gasteiger partial charge in [-0.05, 0) is 50.8 Å². The summed E-state index contributed by atoms with van der Waals surface area (Å²) in [6, 6.07) is 3.34. The summed E-state index contributed by atoms with van der Waals surface area (Å²) in [5, 5.41) is 10.7. The van der Waals surface area contributed by atoms with E-state index in [0.29, 0.717) is 55.9 Å². The van der Waals surface area contributed by atoms with E-state index in [4.69, 9.17) is 4.42 Å². The smallest absolute Gasteiger partial charge is 0.339 e. The molecule has 2 amide bonds. The highest BCUT2D eigenvalue weighted by Gasteiger charge is 2.25. The number of likely N-dealkylation sites (tertiary alicyclic amines) is 1. The molecule has 1 aromatic carbocycles. The SMILES string of the molecule is Cc1c(CCC(=O)N2CCN(CC(=O)N3CCCCCC3)CC2)c(=O)oc2c(C)c(O)ccc12. The second kappa shape index (κ2) is 10.6. The second-order valence-corrected chi connectivity index (χ2v) is 9.53. The topological polar surface area (TPSA) is 94.3 Å². The van der Waals surface area contributed by atoms with Gasteiger partial charge >= 0.3 is 5.63 Å². The summed E-state index contributed by atoms with van der Waals surface area (Å²) in [6.07, 6.45) is 5.14. The third-order valence-electron chi connectivity index (χ3n) is 7.31. The number of benzene rings is 1. The minimum absolute atomic E-state index is 0.0132. The quantitative estimate of drug-likeness (QED) is 0.677. The zero-order valence-corrected chi connectivity index (χ0v) is 20.3. The Morgan fingerprint density at radius 3 is 2.21 bits per heavy atom. The van der Waals surface area contributed by atoms with Crippen molar-refractivity contribution in [3.63, 3.8) is 0 Å². The van der Waals surface area contributed by atoms with Gasteiger partial charge in [-0.25, -0.2) is 4.79 Å². The van der Waals surface area contributed by atoms with E-state index in [2.05, 4.69) is 4.90 Å². The van der Waals surface area contributed by atoms with Crippen LogP contribution in [0.4, 0.5) is 0 Å². The van der Waals surface area contributed by atoms with Gasteiger partial charge in [-0.15, -0.1) is 0 Å². The second-order valence-electron chi connectivity index (χ2n) is 9.53. The first-order valence-corrected chi connectivity index (χ1v) is 12.4. The molecule has 2 saturated heterocycles. The van der Waals surface area contributed by atoms with Crippen LogP contribution in [0.2, 0.25) is 0 Å². The van der Waals surface area contributed by atoms with E-state index >= 15 is 0 Å². The molecule has 0 atom stereocenters. The van der Waals surface area contributed by atoms with E-state index < -0.39 is 5.63 Å². The summed E-state index contributed by atoms with van der Waals surface area (Å²) < 4.78 is 5.49. The predicted molar refractivity (Wildman–Crippen MR) is 130 cm³/mol. The fraction of sp³-hybridized carbons (Fsp3) is 0.577. The molecule has 34 heavy (non-hydrogen) atoms. The minimum Gasteiger partial charge on any atom is -0.508 e. The molecule has 0 bridgehead atoms. The third-order valence-corrected chi connectivity index (χ3v) is 7.31. The molecule has 2 aliphatic heterocycles. The van der Waals surface area contributed by atoms with E-state index in [-0.39, 0.29) is 24.0 Å². The molecule has 0 saturated carbocycles. The minimum atomic E-state index is -0.455. The molecule has 2 fully saturated rings. The van der Waals surface area contributed by atoms with Crippen LogP contribution in [0.15, 0.2) is 21.3 Å². The molecular formula is C26H35N3O5. The fourth-order valence-corrected chi connectivity index (χ4v) is 5.02. The van der Waals surface area contributed by atoms with Crippen LogP contribution in [0.1, 0.15) is 48.8 Å². The molecule has 0 spiro atoms. The molecule has 1 aromatic heterocycles. The van der Waals surface area contributed by atoms with Crippen LogP contribution in [-0.4, -0.2) is 77.4 Å². The molecule has 4 rings (SSSR count). The van der Waals surface area contributed by atoms with E-state index in [1.54, 1.807) is 19.1 Å². The van der Waals surface area contributed by atoms with Crippen molar-refractivity contribution in [3.05, 3.63) is 39.2 Å². The summed E-state index contributed by atoms with van der Waals surface area (Å²) in [4.78, 5) is 44.0. The molecule has 1 N–H and O–H groups in total. The summed E-state index contributed by atoms with van der Waals surface area (Å²) in [7, 11) is 0. The number of rotatable bonds is 5. The standard InChI is InChI=1S/C26H35N3O5/c1-18-20-7-9-22(30)19(2)25(20)34-26(33)21(18)8-10-23(31)29-15-13-27(14-16-29)17-24(32)28-11-5-3-4-6-12-28/h7,9,30H,3-6,8,10-17H2,1-2H3. The summed E-state index contributed by atoms with van der Waals surface area (Å²) in [6.45, 7) is 8.27. The Bertz CT molecular complexity index is 1110. The van der Waals surface area contributed by atoms with E-state index in [0.717, 1.165) is 36.9 Å². The predicted octanol–water partition coefficient (Wildman–Crippen LogP) is 2.59. The van der Waals surface area contributed by atoms with Gasteiger partial charge in [0.05, 0.1) is 6.54 Å². The van der Waals surface area contributed by atoms with Crippen molar-refractivity contribution in [2.75, 3.05) is 45.8 Å². The van der Waals surface area contributed by atoms with Gasteiger partial charge in [-0.2, -0.15) is 0 Å². The number of aryl methyl sites for hydroxylation is 2. The molecule has 8 nitrogen and oxygen atoms in total. The lowest BCUT2D eigenvalue weighted by atomic mass is 10.00. The normalized spacial score (nSPS) is 17.7. The number of aromatic hydroxyl groups is 1. The Kier molecular flexibility index (Phi) is 7.56. The maximum absolute atomic E-state index is 12.8. The van der Waals surface area contributed by atoms with Crippen molar-refractivity contribution in [2.45, 2.75) is 52.4 Å². The largest absolute Gasteiger partial charge is 0.508 e. The first kappa shape index (κ1) is 24.3. The van der Waals surface area contributed by atoms with Gasteiger partial charge in [0.15, 0.2) is 0 Å². The number of nitrogens with zero attached hydrogens (tertiary/aromatic N) is 3. The van der Waals surface area contributed by atoms with Crippen molar-refractivity contribution in [2.24, 2.45) is 0 Å². The maximum atomic E-state index is 12.8. The van der Waals surface area contributed by atoms with Crippen LogP contribution < -0.4 is 5.63 Å². The monoisotopic (exact) mass is 469 g/mol. The lowest BCUT2D eigenvalue weighted by Crippen LogP contribution is -2.51. The van der Waals surface area contributed by atoms with Crippen LogP contribution in [-0.2, 0) is 16.0 Å². The highest BCUT2D eigenvalue weighted by molar-refractivity contribution is 5.85. The zero-order chi connectivity index (χ0) is 24.2. The van der Waals surface area contributed by atoms with E-state index in [1.807, 2.05) is 16.7 Å². The lowest BCUT2D eigenvalue weighted by molar-refractivity contribution is -0.135. The number of amides is 2. The number of carbonyl (C=O) groups is 2. The van der Waals surface area contributed by atoms with Gasteiger partial charge in [-0.3, -0.25) is 14.5 Å². The summed E-state index contributed by atoms with van der Waals surface area (Å²) in [5.41, 5.74) is 1.77. The van der Waals surface area contributed by atoms with Gasteiger partial charge in [0.2, 0.25) is 11.8 Å². The van der Waals surface area contributed by atoms with Gasteiger partial charge < -0.3 is 19.3 Å². The van der Waals surface area contributed by atoms with Crippen LogP contribution in [0.25, 0.3) is 11.0 Å². The van der Waals surface area contributed by atoms with Gasteiger partial charge in [-0.1, -0.05) is 12.8 Å². The molecule has 184 valence electrons. The van der Waals surface area contributed by atoms with Gasteiger partial charge in [0.1, 0.15) is 11.3 Å². The Labute approximate surface area is 200 Å². The number of piperazine rings is 1. The van der Waals surface area contributed by atoms with Crippen LogP contribution in [0.5, 0.6) is 5.75 Å². The average molecular weight is 470 g/mol. The van der Waals surface area contributed by atoms with E-state index in [1.165, 1.54) is 12.8 Å². The number of fused-ring (bicyclic) bond motifs is 1. The van der Waals surface area contributed by atoms with Gasteiger partial charge in [0, 0.05) is 62.2 Å². The molecule has 0 unspecified atom stereocenters. The van der Waals surface area contributed by atoms with Crippen molar-refractivity contribution >= 4 is 22.8 Å². The van der Waals surface area contributed by atoms with Crippen molar-refractivity contribution < 1.29 is 19.1 Å². The molecule has 0 radical (unpaired) electrons. The number of phenolic OH excluding ortho intramolecular Hbond substituents is 1. The Balaban J connectivity index is 1.31. The number of hydrogen-bond donors (Lipinski definition) is 1. The molecule has 2 aromatic rings. The van der Waals surface area contributed by atoms with Crippen LogP contribution in [0.3, 0.4) is 0 Å². The fourth-order valence-electron chi connectivity index (χ4n) is 5.02. The van der Waals surface area contributed by atoms with Crippen molar-refractivity contribution in [1.29, 1.82) is 0 Å². The average Bonchev–Trinajstić information content (AvgIpc) is 3.12. The Morgan fingerprint density at radius 1 is 0.882 bits per heavy atom. The highest BCUT2D eigenvalue weighted by atomic mass is 16.4. The van der Waals surface area contributed by atoms with Gasteiger partial charge in [0.25, 0.3) is 0 Å². The Morgan fingerprint density at radius 2 is 1.53 bits per heavy atom. The number of carbonyl (C=O) groups excluding carboxylic acids is 2. The van der Waals surface area contributed by atoms with Crippen LogP contribution in [0, 0.1) is 13.8 Å². The van der Waals surface area contributed by atoms with Crippen LogP contribution >= 0.6 is 0 Å². The third kappa shape index (κ3) is 5.27. The zero-order valence-electron chi connectivity index (χ0n) is 20.3. The first-order chi connectivity index (χ1) is 16.3. The lowest BCUT2D eigenvalue weighted by Gasteiger charge is -2.35. The first-order valence-electron chi connectivity index (χ1n) is 12.4. The summed E-state index contributed by atoms with van der Waals surface area (Å²) in [5.74, 6) is 0.299. The maximum Gasteiger partial charge on any atom is 0.339 e. The molecular weight excluding hydrogens is 434 g/mol. The van der Waals surface area contributed by atoms with Crippen molar-refractivity contribution in [3.8, 4) is 5.75 Å². The summed E-state index contributed by atoms with van der Waals surface area (Å²) >= 11 is 0. The highest BCUT2D eigenvalue weighted by Crippen LogP contribution is 2.28. The number of phenols is 1. The molecule has 3 heterocycles. The van der Waals surface area contributed by atoms with Crippen molar-refractivity contribution in [1.82, 2.24) is 14.7 Å². The molecule has 2 aliphatic rings. The molecule has 0 aliphatic carbocycles. The van der Waals surface area contributed by atoms with E-state index in [9.17, 15) is 19.5 Å². The number of hydrogen-bond acceptors (Lipinski definition) is 6.